The van der Waals surface area contributed by atoms with Gasteiger partial charge in [0, 0.05) is 11.8 Å². The molecule has 21 atom stereocenters. The highest BCUT2D eigenvalue weighted by Crippen LogP contribution is 2.68. The molecule has 6 aliphatic rings. The fraction of sp³-hybridized carbons (Fsp3) is 0.949. The molecule has 294 valence electrons. The number of fused-ring (bicyclic) bond motifs is 5. The van der Waals surface area contributed by atoms with Crippen LogP contribution in [-0.2, 0) is 18.9 Å². The lowest BCUT2D eigenvalue weighted by Crippen LogP contribution is -2.61. The first-order valence-electron chi connectivity index (χ1n) is 19.7. The van der Waals surface area contributed by atoms with Crippen molar-refractivity contribution in [1.29, 1.82) is 0 Å². The molecule has 51 heavy (non-hydrogen) atoms. The summed E-state index contributed by atoms with van der Waals surface area (Å²) in [6, 6.07) is 0. The molecule has 4 aliphatic carbocycles. The van der Waals surface area contributed by atoms with Crippen molar-refractivity contribution in [3.63, 3.8) is 0 Å². The number of aliphatic hydroxyl groups is 8. The van der Waals surface area contributed by atoms with E-state index in [-0.39, 0.29) is 41.1 Å². The molecule has 6 rings (SSSR count). The number of hydrogen-bond acceptors (Lipinski definition) is 12. The van der Waals surface area contributed by atoms with Gasteiger partial charge in [-0.1, -0.05) is 46.3 Å². The standard InChI is InChI=1S/C39H66O12/c1-17(2)8-11-26(41)18(3)29-27(50-36-34(46)32(44)30(42)19(4)48-36)16-25-23-10-9-21-14-22(40)15-28(39(21,7)24(23)12-13-38(25,29)6)51-37-35(47)33(45)31(43)20(5)49-37/h9,17-20,22-37,40-47H,8,10-16H2,1-7H3. The summed E-state index contributed by atoms with van der Waals surface area (Å²) in [5, 5.41) is 86.4. The predicted molar refractivity (Wildman–Crippen MR) is 186 cm³/mol. The van der Waals surface area contributed by atoms with Crippen LogP contribution in [0.1, 0.15) is 99.8 Å². The van der Waals surface area contributed by atoms with Gasteiger partial charge >= 0.3 is 0 Å². The maximum absolute atomic E-state index is 11.6. The second-order valence-electron chi connectivity index (χ2n) is 18.1. The van der Waals surface area contributed by atoms with Crippen molar-refractivity contribution in [3.05, 3.63) is 11.6 Å². The van der Waals surface area contributed by atoms with Crippen LogP contribution in [0.25, 0.3) is 0 Å². The van der Waals surface area contributed by atoms with E-state index in [0.29, 0.717) is 31.6 Å². The topological polar surface area (TPSA) is 199 Å². The van der Waals surface area contributed by atoms with Crippen molar-refractivity contribution in [2.45, 2.75) is 186 Å². The maximum atomic E-state index is 11.6. The molecule has 0 bridgehead atoms. The second kappa shape index (κ2) is 15.1. The molecule has 0 aromatic heterocycles. The molecule has 0 aromatic rings. The van der Waals surface area contributed by atoms with E-state index in [0.717, 1.165) is 31.3 Å². The highest BCUT2D eigenvalue weighted by molar-refractivity contribution is 5.28. The van der Waals surface area contributed by atoms with Crippen LogP contribution in [-0.4, -0.2) is 127 Å². The lowest BCUT2D eigenvalue weighted by molar-refractivity contribution is -0.318. The fourth-order valence-corrected chi connectivity index (χ4v) is 11.6. The van der Waals surface area contributed by atoms with Crippen molar-refractivity contribution in [1.82, 2.24) is 0 Å². The molecule has 8 N–H and O–H groups in total. The first kappa shape index (κ1) is 39.9. The van der Waals surface area contributed by atoms with E-state index in [4.69, 9.17) is 18.9 Å². The lowest BCUT2D eigenvalue weighted by Gasteiger charge is -2.60. The first-order chi connectivity index (χ1) is 23.9. The summed E-state index contributed by atoms with van der Waals surface area (Å²) in [7, 11) is 0. The number of hydrogen-bond donors (Lipinski definition) is 8. The first-order valence-corrected chi connectivity index (χ1v) is 19.7. The smallest absolute Gasteiger partial charge is 0.186 e. The van der Waals surface area contributed by atoms with Gasteiger partial charge in [0.2, 0.25) is 0 Å². The normalized spacial score (nSPS) is 52.8. The van der Waals surface area contributed by atoms with Gasteiger partial charge in [-0.2, -0.15) is 0 Å². The number of aliphatic hydroxyl groups excluding tert-OH is 8. The Bertz CT molecular complexity index is 1230. The minimum Gasteiger partial charge on any atom is -0.393 e. The molecular formula is C39H66O12. The number of allylic oxidation sites excluding steroid dienone is 1. The van der Waals surface area contributed by atoms with Gasteiger partial charge in [0.05, 0.1) is 36.6 Å². The van der Waals surface area contributed by atoms with Gasteiger partial charge in [0.15, 0.2) is 12.6 Å². The van der Waals surface area contributed by atoms with Crippen molar-refractivity contribution in [2.24, 2.45) is 46.3 Å². The lowest BCUT2D eigenvalue weighted by atomic mass is 9.46. The molecule has 0 spiro atoms. The third kappa shape index (κ3) is 7.01. The molecule has 0 radical (unpaired) electrons. The molecule has 5 fully saturated rings. The van der Waals surface area contributed by atoms with Gasteiger partial charge in [-0.05, 0) is 99.7 Å². The molecule has 21 unspecified atom stereocenters. The number of ether oxygens (including phenoxy) is 4. The Balaban J connectivity index is 1.30. The van der Waals surface area contributed by atoms with E-state index in [9.17, 15) is 40.9 Å². The van der Waals surface area contributed by atoms with Gasteiger partial charge in [-0.15, -0.1) is 0 Å². The molecule has 0 amide bonds. The summed E-state index contributed by atoms with van der Waals surface area (Å²) in [4.78, 5) is 0. The van der Waals surface area contributed by atoms with Gasteiger partial charge in [-0.3, -0.25) is 0 Å². The van der Waals surface area contributed by atoms with Crippen molar-refractivity contribution < 1.29 is 59.8 Å². The van der Waals surface area contributed by atoms with Crippen LogP contribution in [0.4, 0.5) is 0 Å². The van der Waals surface area contributed by atoms with E-state index in [1.54, 1.807) is 13.8 Å². The van der Waals surface area contributed by atoms with Crippen molar-refractivity contribution in [2.75, 3.05) is 0 Å². The van der Waals surface area contributed by atoms with Crippen LogP contribution in [0, 0.1) is 46.3 Å². The summed E-state index contributed by atoms with van der Waals surface area (Å²) in [6.45, 7) is 14.2. The maximum Gasteiger partial charge on any atom is 0.186 e. The summed E-state index contributed by atoms with van der Waals surface area (Å²) >= 11 is 0. The Morgan fingerprint density at radius 3 is 1.96 bits per heavy atom. The highest BCUT2D eigenvalue weighted by Gasteiger charge is 2.65. The quantitative estimate of drug-likeness (QED) is 0.161. The zero-order valence-corrected chi connectivity index (χ0v) is 31.5. The molecule has 2 aliphatic heterocycles. The Morgan fingerprint density at radius 1 is 0.784 bits per heavy atom. The monoisotopic (exact) mass is 726 g/mol. The zero-order chi connectivity index (χ0) is 37.3. The van der Waals surface area contributed by atoms with Crippen LogP contribution < -0.4 is 0 Å². The Hall–Kier alpha value is -0.740. The Morgan fingerprint density at radius 2 is 1.37 bits per heavy atom. The average Bonchev–Trinajstić information content (AvgIpc) is 3.38. The molecule has 3 saturated carbocycles. The minimum absolute atomic E-state index is 0.0701. The fourth-order valence-electron chi connectivity index (χ4n) is 11.6. The minimum atomic E-state index is -1.45. The SMILES string of the molecule is CC(C)CCC(O)C(C)C1C(OC2OC(C)C(O)C(O)C2O)CC2C3CC=C4CC(O)CC(OC5OC(C)C(O)C(O)C5O)C4(C)C3CCC21C. The summed E-state index contributed by atoms with van der Waals surface area (Å²) in [6.07, 6.45) is -6.11. The van der Waals surface area contributed by atoms with E-state index < -0.39 is 85.1 Å². The summed E-state index contributed by atoms with van der Waals surface area (Å²) in [5.41, 5.74) is 0.416. The van der Waals surface area contributed by atoms with Gasteiger partial charge in [0.25, 0.3) is 0 Å². The van der Waals surface area contributed by atoms with E-state index in [1.807, 2.05) is 0 Å². The highest BCUT2D eigenvalue weighted by atomic mass is 16.7. The molecule has 2 heterocycles. The van der Waals surface area contributed by atoms with E-state index in [2.05, 4.69) is 40.7 Å². The predicted octanol–water partition coefficient (Wildman–Crippen LogP) is 2.00. The molecular weight excluding hydrogens is 660 g/mol. The second-order valence-corrected chi connectivity index (χ2v) is 18.1. The molecule has 2 saturated heterocycles. The van der Waals surface area contributed by atoms with Crippen LogP contribution >= 0.6 is 0 Å². The van der Waals surface area contributed by atoms with Crippen LogP contribution in [0.2, 0.25) is 0 Å². The van der Waals surface area contributed by atoms with Crippen molar-refractivity contribution >= 4 is 0 Å². The van der Waals surface area contributed by atoms with Crippen LogP contribution in [0.15, 0.2) is 11.6 Å². The molecule has 12 heteroatoms. The average molecular weight is 727 g/mol. The number of rotatable bonds is 9. The van der Waals surface area contributed by atoms with Gasteiger partial charge < -0.3 is 59.8 Å². The van der Waals surface area contributed by atoms with Crippen LogP contribution in [0.5, 0.6) is 0 Å². The Kier molecular flexibility index (Phi) is 11.8. The third-order valence-electron chi connectivity index (χ3n) is 14.7. The van der Waals surface area contributed by atoms with Crippen molar-refractivity contribution in [3.8, 4) is 0 Å². The third-order valence-corrected chi connectivity index (χ3v) is 14.7. The summed E-state index contributed by atoms with van der Waals surface area (Å²) < 4.78 is 25.1. The Labute approximate surface area is 303 Å². The van der Waals surface area contributed by atoms with Gasteiger partial charge in [-0.25, -0.2) is 0 Å². The molecule has 12 nitrogen and oxygen atoms in total. The largest absolute Gasteiger partial charge is 0.393 e. The van der Waals surface area contributed by atoms with Crippen LogP contribution in [0.3, 0.4) is 0 Å². The van der Waals surface area contributed by atoms with E-state index in [1.165, 1.54) is 0 Å². The van der Waals surface area contributed by atoms with E-state index >= 15 is 0 Å². The van der Waals surface area contributed by atoms with Gasteiger partial charge in [0.1, 0.15) is 36.6 Å². The zero-order valence-electron chi connectivity index (χ0n) is 31.5. The summed E-state index contributed by atoms with van der Waals surface area (Å²) in [5.74, 6) is 0.813. The molecule has 0 aromatic carbocycles.